The fraction of sp³-hybridized carbons (Fsp3) is 0.474. The Morgan fingerprint density at radius 2 is 2.08 bits per heavy atom. The molecule has 3 heterocycles. The molecule has 1 N–H and O–H groups in total. The van der Waals surface area contributed by atoms with Gasteiger partial charge in [0.1, 0.15) is 0 Å². The van der Waals surface area contributed by atoms with Crippen LogP contribution in [0.5, 0.6) is 0 Å². The number of carbonyl (C=O) groups is 1. The highest BCUT2D eigenvalue weighted by Crippen LogP contribution is 2.22. The van der Waals surface area contributed by atoms with Gasteiger partial charge < -0.3 is 15.1 Å². The van der Waals surface area contributed by atoms with E-state index in [-0.39, 0.29) is 18.1 Å². The predicted octanol–water partition coefficient (Wildman–Crippen LogP) is 3.51. The average molecular weight is 359 g/mol. The van der Waals surface area contributed by atoms with Crippen LogP contribution in [-0.2, 0) is 6.54 Å². The molecule has 3 rings (SSSR count). The third-order valence-corrected chi connectivity index (χ3v) is 5.86. The first kappa shape index (κ1) is 17.9. The second kappa shape index (κ2) is 8.45. The van der Waals surface area contributed by atoms with Gasteiger partial charge in [-0.2, -0.15) is 0 Å². The lowest BCUT2D eigenvalue weighted by Crippen LogP contribution is -2.50. The molecular formula is C19H26N4OS. The molecular weight excluding hydrogens is 332 g/mol. The average Bonchev–Trinajstić information content (AvgIpc) is 3.16. The van der Waals surface area contributed by atoms with Crippen molar-refractivity contribution in [3.8, 4) is 0 Å². The number of pyridine rings is 1. The molecule has 2 aromatic rings. The van der Waals surface area contributed by atoms with Gasteiger partial charge in [-0.1, -0.05) is 6.07 Å². The van der Waals surface area contributed by atoms with E-state index >= 15 is 0 Å². The Bertz CT molecular complexity index is 653. The van der Waals surface area contributed by atoms with Crippen LogP contribution in [0.15, 0.2) is 42.0 Å². The van der Waals surface area contributed by atoms with E-state index in [1.165, 1.54) is 4.88 Å². The quantitative estimate of drug-likeness (QED) is 0.890. The van der Waals surface area contributed by atoms with Gasteiger partial charge in [0.25, 0.3) is 0 Å². The summed E-state index contributed by atoms with van der Waals surface area (Å²) in [6, 6.07) is 8.38. The minimum atomic E-state index is 0.0206. The van der Waals surface area contributed by atoms with Gasteiger partial charge >= 0.3 is 6.03 Å². The van der Waals surface area contributed by atoms with Crippen molar-refractivity contribution in [1.29, 1.82) is 0 Å². The van der Waals surface area contributed by atoms with E-state index in [4.69, 9.17) is 0 Å². The molecule has 0 bridgehead atoms. The highest BCUT2D eigenvalue weighted by atomic mass is 32.1. The van der Waals surface area contributed by atoms with Crippen molar-refractivity contribution in [2.24, 2.45) is 0 Å². The van der Waals surface area contributed by atoms with Crippen molar-refractivity contribution >= 4 is 17.4 Å². The Morgan fingerprint density at radius 1 is 1.36 bits per heavy atom. The Balaban J connectivity index is 1.71. The fourth-order valence-electron chi connectivity index (χ4n) is 3.24. The largest absolute Gasteiger partial charge is 0.331 e. The Morgan fingerprint density at radius 3 is 2.72 bits per heavy atom. The summed E-state index contributed by atoms with van der Waals surface area (Å²) >= 11 is 1.68. The molecule has 0 aromatic carbocycles. The van der Waals surface area contributed by atoms with Gasteiger partial charge in [-0.05, 0) is 69.0 Å². The van der Waals surface area contributed by atoms with E-state index in [1.54, 1.807) is 23.7 Å². The van der Waals surface area contributed by atoms with Gasteiger partial charge in [-0.3, -0.25) is 4.98 Å². The highest BCUT2D eigenvalue weighted by molar-refractivity contribution is 7.10. The smallest absolute Gasteiger partial charge is 0.318 e. The number of amides is 2. The monoisotopic (exact) mass is 358 g/mol. The van der Waals surface area contributed by atoms with E-state index in [0.717, 1.165) is 31.5 Å². The van der Waals surface area contributed by atoms with Crippen LogP contribution in [0.25, 0.3) is 0 Å². The predicted molar refractivity (Wildman–Crippen MR) is 102 cm³/mol. The summed E-state index contributed by atoms with van der Waals surface area (Å²) in [5.41, 5.74) is 1.12. The Kier molecular flexibility index (Phi) is 6.04. The topological polar surface area (TPSA) is 48.5 Å². The molecule has 2 aromatic heterocycles. The van der Waals surface area contributed by atoms with Crippen LogP contribution in [0.1, 0.15) is 36.2 Å². The zero-order valence-corrected chi connectivity index (χ0v) is 15.7. The number of aromatic nitrogens is 1. The number of thiophene rings is 1. The van der Waals surface area contributed by atoms with E-state index in [1.807, 2.05) is 35.4 Å². The number of carbonyl (C=O) groups excluding carboxylic acids is 1. The van der Waals surface area contributed by atoms with E-state index in [0.29, 0.717) is 6.54 Å². The van der Waals surface area contributed by atoms with Crippen LogP contribution in [0, 0.1) is 0 Å². The first-order chi connectivity index (χ1) is 12.1. The SMILES string of the molecule is C[C@@H](NC(=O)N(Cc1ccncc1)C1CCN(C)CC1)c1cccs1. The summed E-state index contributed by atoms with van der Waals surface area (Å²) in [6.07, 6.45) is 5.60. The van der Waals surface area contributed by atoms with Crippen LogP contribution < -0.4 is 5.32 Å². The summed E-state index contributed by atoms with van der Waals surface area (Å²) < 4.78 is 0. The molecule has 134 valence electrons. The molecule has 0 unspecified atom stereocenters. The van der Waals surface area contributed by atoms with E-state index < -0.39 is 0 Å². The van der Waals surface area contributed by atoms with Crippen LogP contribution >= 0.6 is 11.3 Å². The lowest BCUT2D eigenvalue weighted by atomic mass is 10.0. The fourth-order valence-corrected chi connectivity index (χ4v) is 3.97. The third kappa shape index (κ3) is 4.80. The van der Waals surface area contributed by atoms with E-state index in [9.17, 15) is 4.79 Å². The molecule has 25 heavy (non-hydrogen) atoms. The van der Waals surface area contributed by atoms with Gasteiger partial charge in [-0.25, -0.2) is 4.79 Å². The van der Waals surface area contributed by atoms with Crippen LogP contribution in [0.2, 0.25) is 0 Å². The first-order valence-electron chi connectivity index (χ1n) is 8.81. The molecule has 2 amide bonds. The molecule has 0 radical (unpaired) electrons. The van der Waals surface area contributed by atoms with Crippen molar-refractivity contribution in [2.75, 3.05) is 20.1 Å². The minimum absolute atomic E-state index is 0.0206. The van der Waals surface area contributed by atoms with Gasteiger partial charge in [0.2, 0.25) is 0 Å². The van der Waals surface area contributed by atoms with Gasteiger partial charge in [0.05, 0.1) is 6.04 Å². The van der Waals surface area contributed by atoms with Crippen molar-refractivity contribution in [2.45, 2.75) is 38.4 Å². The minimum Gasteiger partial charge on any atom is -0.331 e. The number of hydrogen-bond acceptors (Lipinski definition) is 4. The number of piperidine rings is 1. The zero-order chi connectivity index (χ0) is 17.6. The molecule has 6 heteroatoms. The first-order valence-corrected chi connectivity index (χ1v) is 9.69. The number of nitrogens with one attached hydrogen (secondary N) is 1. The standard InChI is InChI=1S/C19H26N4OS/c1-15(18-4-3-13-25-18)21-19(24)23(14-16-5-9-20-10-6-16)17-7-11-22(2)12-8-17/h3-6,9-10,13,15,17H,7-8,11-12,14H2,1-2H3,(H,21,24)/t15-/m1/s1. The molecule has 0 aliphatic carbocycles. The van der Waals surface area contributed by atoms with Crippen LogP contribution in [-0.4, -0.2) is 47.0 Å². The number of hydrogen-bond donors (Lipinski definition) is 1. The van der Waals surface area contributed by atoms with E-state index in [2.05, 4.69) is 28.3 Å². The highest BCUT2D eigenvalue weighted by Gasteiger charge is 2.28. The van der Waals surface area contributed by atoms with Crippen molar-refractivity contribution in [3.63, 3.8) is 0 Å². The van der Waals surface area contributed by atoms with Crippen LogP contribution in [0.4, 0.5) is 4.79 Å². The number of likely N-dealkylation sites (tertiary alicyclic amines) is 1. The molecule has 1 saturated heterocycles. The summed E-state index contributed by atoms with van der Waals surface area (Å²) in [5.74, 6) is 0. The zero-order valence-electron chi connectivity index (χ0n) is 14.9. The maximum Gasteiger partial charge on any atom is 0.318 e. The second-order valence-electron chi connectivity index (χ2n) is 6.70. The number of rotatable bonds is 5. The number of urea groups is 1. The molecule has 1 aliphatic heterocycles. The summed E-state index contributed by atoms with van der Waals surface area (Å²) in [4.78, 5) is 22.6. The summed E-state index contributed by atoms with van der Waals surface area (Å²) in [7, 11) is 2.14. The normalized spacial score (nSPS) is 17.2. The molecule has 1 atom stereocenters. The third-order valence-electron chi connectivity index (χ3n) is 4.80. The lowest BCUT2D eigenvalue weighted by molar-refractivity contribution is 0.125. The second-order valence-corrected chi connectivity index (χ2v) is 7.68. The summed E-state index contributed by atoms with van der Waals surface area (Å²) in [6.45, 7) is 4.74. The van der Waals surface area contributed by atoms with Gasteiger partial charge in [0, 0.05) is 29.9 Å². The van der Waals surface area contributed by atoms with Gasteiger partial charge in [0.15, 0.2) is 0 Å². The molecule has 1 fully saturated rings. The maximum atomic E-state index is 13.0. The number of nitrogens with zero attached hydrogens (tertiary/aromatic N) is 3. The van der Waals surface area contributed by atoms with Crippen molar-refractivity contribution < 1.29 is 4.79 Å². The Labute approximate surface area is 153 Å². The van der Waals surface area contributed by atoms with Crippen molar-refractivity contribution in [1.82, 2.24) is 20.1 Å². The molecule has 5 nitrogen and oxygen atoms in total. The molecule has 0 spiro atoms. The van der Waals surface area contributed by atoms with Crippen molar-refractivity contribution in [3.05, 3.63) is 52.5 Å². The maximum absolute atomic E-state index is 13.0. The van der Waals surface area contributed by atoms with Crippen LogP contribution in [0.3, 0.4) is 0 Å². The molecule has 0 saturated carbocycles. The summed E-state index contributed by atoms with van der Waals surface area (Å²) in [5, 5.41) is 5.22. The lowest BCUT2D eigenvalue weighted by Gasteiger charge is -2.38. The molecule has 1 aliphatic rings. The Hall–Kier alpha value is -1.92. The van der Waals surface area contributed by atoms with Gasteiger partial charge in [-0.15, -0.1) is 11.3 Å².